The lowest BCUT2D eigenvalue weighted by Crippen LogP contribution is -2.40. The summed E-state index contributed by atoms with van der Waals surface area (Å²) in [4.78, 5) is 6.89. The van der Waals surface area contributed by atoms with E-state index in [0.29, 0.717) is 6.10 Å². The largest absolute Gasteiger partial charge is 0.376 e. The van der Waals surface area contributed by atoms with Gasteiger partial charge in [0.25, 0.3) is 0 Å². The molecule has 1 aromatic carbocycles. The van der Waals surface area contributed by atoms with E-state index >= 15 is 0 Å². The van der Waals surface area contributed by atoms with E-state index in [4.69, 9.17) is 4.74 Å². The molecule has 1 unspecified atom stereocenters. The van der Waals surface area contributed by atoms with Crippen molar-refractivity contribution >= 4 is 29.9 Å². The number of hydrogen-bond acceptors (Lipinski definition) is 3. The van der Waals surface area contributed by atoms with Crippen LogP contribution in [0.2, 0.25) is 0 Å². The standard InChI is InChI=1S/C21H34N4O.HI/c1-22-21(24-16-20-7-6-14-26-20)23-15-18-8-10-19(11-9-18)17-25-12-4-2-3-5-13-25;/h8-11,20H,2-7,12-17H2,1H3,(H2,22,23,24);1H. The molecule has 0 radical (unpaired) electrons. The molecule has 0 aromatic heterocycles. The molecule has 0 amide bonds. The summed E-state index contributed by atoms with van der Waals surface area (Å²) in [6.45, 7) is 6.08. The van der Waals surface area contributed by atoms with Crippen molar-refractivity contribution < 1.29 is 4.74 Å². The van der Waals surface area contributed by atoms with E-state index in [-0.39, 0.29) is 24.0 Å². The van der Waals surface area contributed by atoms with Crippen molar-refractivity contribution in [1.82, 2.24) is 15.5 Å². The molecule has 2 saturated heterocycles. The van der Waals surface area contributed by atoms with Gasteiger partial charge in [-0.3, -0.25) is 9.89 Å². The van der Waals surface area contributed by atoms with Crippen molar-refractivity contribution in [3.63, 3.8) is 0 Å². The van der Waals surface area contributed by atoms with Gasteiger partial charge in [0.15, 0.2) is 5.96 Å². The predicted octanol–water partition coefficient (Wildman–Crippen LogP) is 3.52. The van der Waals surface area contributed by atoms with Crippen LogP contribution in [0.25, 0.3) is 0 Å². The summed E-state index contributed by atoms with van der Waals surface area (Å²) < 4.78 is 5.64. The third-order valence-electron chi connectivity index (χ3n) is 5.33. The maximum absolute atomic E-state index is 5.64. The van der Waals surface area contributed by atoms with Crippen molar-refractivity contribution in [2.75, 3.05) is 33.3 Å². The minimum Gasteiger partial charge on any atom is -0.376 e. The van der Waals surface area contributed by atoms with Gasteiger partial charge in [-0.1, -0.05) is 37.1 Å². The van der Waals surface area contributed by atoms with E-state index in [1.54, 1.807) is 0 Å². The highest BCUT2D eigenvalue weighted by molar-refractivity contribution is 14.0. The molecule has 0 saturated carbocycles. The van der Waals surface area contributed by atoms with E-state index in [9.17, 15) is 0 Å². The molecule has 5 nitrogen and oxygen atoms in total. The molecule has 3 rings (SSSR count). The van der Waals surface area contributed by atoms with Crippen LogP contribution in [-0.4, -0.2) is 50.3 Å². The number of guanidine groups is 1. The fourth-order valence-corrected chi connectivity index (χ4v) is 3.74. The topological polar surface area (TPSA) is 48.9 Å². The Kier molecular flexibility index (Phi) is 10.4. The molecule has 0 bridgehead atoms. The number of ether oxygens (including phenoxy) is 1. The minimum atomic E-state index is 0. The second-order valence-electron chi connectivity index (χ2n) is 7.45. The van der Waals surface area contributed by atoms with Gasteiger partial charge < -0.3 is 15.4 Å². The predicted molar refractivity (Wildman–Crippen MR) is 123 cm³/mol. The molecule has 1 atom stereocenters. The number of benzene rings is 1. The summed E-state index contributed by atoms with van der Waals surface area (Å²) in [5.74, 6) is 0.842. The third-order valence-corrected chi connectivity index (χ3v) is 5.33. The Labute approximate surface area is 181 Å². The SMILES string of the molecule is CN=C(NCc1ccc(CN2CCCCCC2)cc1)NCC1CCCO1.I. The molecule has 152 valence electrons. The quantitative estimate of drug-likeness (QED) is 0.367. The molecule has 2 N–H and O–H groups in total. The number of nitrogens with zero attached hydrogens (tertiary/aromatic N) is 2. The van der Waals surface area contributed by atoms with Crippen LogP contribution in [0.15, 0.2) is 29.3 Å². The van der Waals surface area contributed by atoms with Crippen molar-refractivity contribution in [3.8, 4) is 0 Å². The second kappa shape index (κ2) is 12.6. The van der Waals surface area contributed by atoms with Gasteiger partial charge in [-0.15, -0.1) is 24.0 Å². The Balaban J connectivity index is 0.00000261. The van der Waals surface area contributed by atoms with Gasteiger partial charge in [-0.2, -0.15) is 0 Å². The zero-order valence-corrected chi connectivity index (χ0v) is 18.9. The zero-order valence-electron chi connectivity index (χ0n) is 16.6. The maximum Gasteiger partial charge on any atom is 0.191 e. The number of halogens is 1. The lowest BCUT2D eigenvalue weighted by Gasteiger charge is -2.20. The highest BCUT2D eigenvalue weighted by Crippen LogP contribution is 2.14. The van der Waals surface area contributed by atoms with Crippen molar-refractivity contribution in [2.24, 2.45) is 4.99 Å². The first-order valence-corrected chi connectivity index (χ1v) is 10.2. The van der Waals surface area contributed by atoms with Crippen LogP contribution in [0.4, 0.5) is 0 Å². The molecule has 2 aliphatic heterocycles. The first-order chi connectivity index (χ1) is 12.8. The van der Waals surface area contributed by atoms with E-state index in [0.717, 1.165) is 38.6 Å². The van der Waals surface area contributed by atoms with E-state index in [2.05, 4.69) is 44.8 Å². The van der Waals surface area contributed by atoms with Gasteiger partial charge in [0, 0.05) is 33.3 Å². The summed E-state index contributed by atoms with van der Waals surface area (Å²) in [5.41, 5.74) is 2.70. The van der Waals surface area contributed by atoms with Crippen LogP contribution < -0.4 is 10.6 Å². The molecule has 6 heteroatoms. The summed E-state index contributed by atoms with van der Waals surface area (Å²) in [7, 11) is 1.81. The van der Waals surface area contributed by atoms with Crippen LogP contribution >= 0.6 is 24.0 Å². The second-order valence-corrected chi connectivity index (χ2v) is 7.45. The van der Waals surface area contributed by atoms with Gasteiger partial charge in [0.2, 0.25) is 0 Å². The van der Waals surface area contributed by atoms with Crippen LogP contribution in [0.3, 0.4) is 0 Å². The van der Waals surface area contributed by atoms with Gasteiger partial charge in [-0.05, 0) is 49.9 Å². The Morgan fingerprint density at radius 1 is 1.04 bits per heavy atom. The Morgan fingerprint density at radius 3 is 2.37 bits per heavy atom. The summed E-state index contributed by atoms with van der Waals surface area (Å²) in [5, 5.41) is 6.75. The fraction of sp³-hybridized carbons (Fsp3) is 0.667. The third kappa shape index (κ3) is 7.95. The van der Waals surface area contributed by atoms with Crippen molar-refractivity contribution in [1.29, 1.82) is 0 Å². The molecule has 0 aliphatic carbocycles. The van der Waals surface area contributed by atoms with Gasteiger partial charge >= 0.3 is 0 Å². The summed E-state index contributed by atoms with van der Waals surface area (Å²) in [6.07, 6.45) is 8.11. The monoisotopic (exact) mass is 486 g/mol. The smallest absolute Gasteiger partial charge is 0.191 e. The van der Waals surface area contributed by atoms with Crippen LogP contribution in [0.5, 0.6) is 0 Å². The van der Waals surface area contributed by atoms with E-state index in [1.165, 1.54) is 56.3 Å². The average molecular weight is 486 g/mol. The first-order valence-electron chi connectivity index (χ1n) is 10.2. The Bertz CT molecular complexity index is 550. The number of hydrogen-bond donors (Lipinski definition) is 2. The molecular formula is C21H35IN4O. The van der Waals surface area contributed by atoms with Gasteiger partial charge in [0.05, 0.1) is 6.10 Å². The lowest BCUT2D eigenvalue weighted by atomic mass is 10.1. The van der Waals surface area contributed by atoms with Crippen LogP contribution in [0, 0.1) is 0 Å². The molecule has 27 heavy (non-hydrogen) atoms. The molecule has 2 heterocycles. The minimum absolute atomic E-state index is 0. The number of nitrogens with one attached hydrogen (secondary N) is 2. The fourth-order valence-electron chi connectivity index (χ4n) is 3.74. The van der Waals surface area contributed by atoms with E-state index < -0.39 is 0 Å². The Hall–Kier alpha value is -0.860. The number of likely N-dealkylation sites (tertiary alicyclic amines) is 1. The zero-order chi connectivity index (χ0) is 18.0. The number of aliphatic imine (C=N–C) groups is 1. The van der Waals surface area contributed by atoms with Crippen molar-refractivity contribution in [2.45, 2.75) is 57.7 Å². The molecular weight excluding hydrogens is 451 g/mol. The maximum atomic E-state index is 5.64. The highest BCUT2D eigenvalue weighted by Gasteiger charge is 2.15. The summed E-state index contributed by atoms with van der Waals surface area (Å²) >= 11 is 0. The highest BCUT2D eigenvalue weighted by atomic mass is 127. The normalized spacial score (nSPS) is 21.4. The molecule has 0 spiro atoms. The van der Waals surface area contributed by atoms with Gasteiger partial charge in [-0.25, -0.2) is 0 Å². The Morgan fingerprint density at radius 2 is 1.74 bits per heavy atom. The molecule has 2 fully saturated rings. The summed E-state index contributed by atoms with van der Waals surface area (Å²) in [6, 6.07) is 9.00. The lowest BCUT2D eigenvalue weighted by molar-refractivity contribution is 0.114. The number of rotatable bonds is 6. The van der Waals surface area contributed by atoms with Crippen molar-refractivity contribution in [3.05, 3.63) is 35.4 Å². The average Bonchev–Trinajstić information content (AvgIpc) is 3.06. The van der Waals surface area contributed by atoms with Gasteiger partial charge in [0.1, 0.15) is 0 Å². The van der Waals surface area contributed by atoms with Crippen LogP contribution in [0.1, 0.15) is 49.7 Å². The van der Waals surface area contributed by atoms with E-state index in [1.807, 2.05) is 7.05 Å². The first kappa shape index (κ1) is 22.4. The molecule has 2 aliphatic rings. The van der Waals surface area contributed by atoms with Crippen LogP contribution in [-0.2, 0) is 17.8 Å². The molecule has 1 aromatic rings.